The van der Waals surface area contributed by atoms with Gasteiger partial charge in [0.25, 0.3) is 0 Å². The van der Waals surface area contributed by atoms with Crippen molar-refractivity contribution >= 4 is 22.2 Å². The molecular weight excluding hydrogens is 378 g/mol. The number of benzene rings is 1. The van der Waals surface area contributed by atoms with Crippen molar-refractivity contribution < 1.29 is 0 Å². The molecule has 1 aromatic heterocycles. The number of aromatic nitrogens is 1. The Hall–Kier alpha value is -2.60. The number of fused-ring (bicyclic) bond motifs is 3. The van der Waals surface area contributed by atoms with Gasteiger partial charge in [-0.25, -0.2) is 0 Å². The van der Waals surface area contributed by atoms with Crippen LogP contribution in [0.3, 0.4) is 0 Å². The molecule has 3 heteroatoms. The molecule has 31 heavy (non-hydrogen) atoms. The molecule has 3 rings (SSSR count). The van der Waals surface area contributed by atoms with E-state index in [1.807, 2.05) is 19.9 Å². The third-order valence-electron chi connectivity index (χ3n) is 5.94. The van der Waals surface area contributed by atoms with Crippen LogP contribution in [0.1, 0.15) is 103 Å². The zero-order valence-electron chi connectivity index (χ0n) is 19.5. The lowest BCUT2D eigenvalue weighted by Gasteiger charge is -2.19. The summed E-state index contributed by atoms with van der Waals surface area (Å²) >= 11 is 0. The summed E-state index contributed by atoms with van der Waals surface area (Å²) < 4.78 is 2.45. The van der Waals surface area contributed by atoms with Gasteiger partial charge in [-0.3, -0.25) is 4.99 Å². The van der Waals surface area contributed by atoms with Crippen LogP contribution >= 0.6 is 0 Å². The smallest absolute Gasteiger partial charge is 0.0992 e. The monoisotopic (exact) mass is 419 g/mol. The maximum atomic E-state index is 9.44. The van der Waals surface area contributed by atoms with Gasteiger partial charge in [0.2, 0.25) is 0 Å². The molecule has 0 amide bonds. The Morgan fingerprint density at radius 3 is 2.61 bits per heavy atom. The topological polar surface area (TPSA) is 41.1 Å². The molecule has 2 aromatic rings. The number of nitrogens with zero attached hydrogens (tertiary/aromatic N) is 3. The summed E-state index contributed by atoms with van der Waals surface area (Å²) in [7, 11) is 0. The van der Waals surface area contributed by atoms with Gasteiger partial charge in [0, 0.05) is 29.4 Å². The SMILES string of the molecule is C.C=CN=C1CCCn2c(c(C(CC)CCCC)c3ccc(C#N)cc32)/C1=C/C.CC. The molecule has 0 N–H and O–H groups in total. The van der Waals surface area contributed by atoms with Crippen molar-refractivity contribution in [3.8, 4) is 6.07 Å². The van der Waals surface area contributed by atoms with E-state index in [1.54, 1.807) is 6.20 Å². The fourth-order valence-electron chi connectivity index (χ4n) is 4.61. The highest BCUT2D eigenvalue weighted by Gasteiger charge is 2.28. The van der Waals surface area contributed by atoms with E-state index >= 15 is 0 Å². The first-order chi connectivity index (χ1) is 14.7. The Labute approximate surface area is 190 Å². The van der Waals surface area contributed by atoms with Crippen LogP contribution in [0.4, 0.5) is 0 Å². The minimum absolute atomic E-state index is 0. The van der Waals surface area contributed by atoms with Crippen molar-refractivity contribution in [1.82, 2.24) is 4.57 Å². The predicted molar refractivity (Wildman–Crippen MR) is 138 cm³/mol. The zero-order chi connectivity index (χ0) is 22.1. The number of nitriles is 1. The number of hydrogen-bond donors (Lipinski definition) is 0. The lowest BCUT2D eigenvalue weighted by molar-refractivity contribution is 0.568. The van der Waals surface area contributed by atoms with Gasteiger partial charge in [0.05, 0.1) is 22.8 Å². The quantitative estimate of drug-likeness (QED) is 0.462. The first kappa shape index (κ1) is 26.4. The van der Waals surface area contributed by atoms with Crippen molar-refractivity contribution in [1.29, 1.82) is 5.26 Å². The third kappa shape index (κ3) is 5.37. The Bertz CT molecular complexity index is 966. The number of allylic oxidation sites excluding steroid dienone is 2. The van der Waals surface area contributed by atoms with Gasteiger partial charge in [-0.15, -0.1) is 0 Å². The second kappa shape index (κ2) is 13.0. The van der Waals surface area contributed by atoms with E-state index in [0.29, 0.717) is 5.92 Å². The Balaban J connectivity index is 0.00000156. The minimum Gasteiger partial charge on any atom is -0.340 e. The van der Waals surface area contributed by atoms with Gasteiger partial charge in [0.1, 0.15) is 0 Å². The number of unbranched alkanes of at least 4 members (excludes halogenated alkanes) is 1. The van der Waals surface area contributed by atoms with E-state index in [1.165, 1.54) is 47.0 Å². The fourth-order valence-corrected chi connectivity index (χ4v) is 4.61. The summed E-state index contributed by atoms with van der Waals surface area (Å²) in [5.74, 6) is 0.518. The summed E-state index contributed by atoms with van der Waals surface area (Å²) in [6, 6.07) is 8.51. The minimum atomic E-state index is 0. The average molecular weight is 420 g/mol. The molecule has 0 spiro atoms. The van der Waals surface area contributed by atoms with Crippen molar-refractivity contribution in [3.05, 3.63) is 53.9 Å². The molecule has 0 radical (unpaired) electrons. The molecule has 2 heterocycles. The molecule has 0 aliphatic carbocycles. The highest BCUT2D eigenvalue weighted by Crippen LogP contribution is 2.42. The van der Waals surface area contributed by atoms with Crippen LogP contribution in [0.15, 0.2) is 42.0 Å². The molecule has 1 aliphatic rings. The fraction of sp³-hybridized carbons (Fsp3) is 0.500. The lowest BCUT2D eigenvalue weighted by atomic mass is 9.86. The highest BCUT2D eigenvalue weighted by atomic mass is 15.0. The van der Waals surface area contributed by atoms with E-state index < -0.39 is 0 Å². The van der Waals surface area contributed by atoms with Gasteiger partial charge in [-0.1, -0.05) is 66.7 Å². The Morgan fingerprint density at radius 2 is 2.03 bits per heavy atom. The van der Waals surface area contributed by atoms with Crippen molar-refractivity contribution in [3.63, 3.8) is 0 Å². The standard InChI is InChI=1S/C25H31N3.C2H6.CH4/c1-5-9-11-19(6-2)24-21-14-13-18(17-26)16-23(21)28-15-10-12-22(27-8-4)20(7-3)25(24)28;1-2;/h7-8,13-14,16,19H,4-6,9-12,15H2,1-3H3;1-2H3;1H4/b20-7+,27-22?;;. The van der Waals surface area contributed by atoms with Gasteiger partial charge >= 0.3 is 0 Å². The van der Waals surface area contributed by atoms with Gasteiger partial charge in [-0.2, -0.15) is 5.26 Å². The van der Waals surface area contributed by atoms with E-state index in [9.17, 15) is 5.26 Å². The van der Waals surface area contributed by atoms with Crippen LogP contribution in [0.2, 0.25) is 0 Å². The molecule has 1 atom stereocenters. The average Bonchev–Trinajstić information content (AvgIpc) is 2.97. The van der Waals surface area contributed by atoms with Gasteiger partial charge in [-0.05, 0) is 56.2 Å². The normalized spacial score (nSPS) is 16.5. The van der Waals surface area contributed by atoms with Crippen LogP contribution in [0.5, 0.6) is 0 Å². The van der Waals surface area contributed by atoms with E-state index in [2.05, 4.69) is 61.2 Å². The zero-order valence-corrected chi connectivity index (χ0v) is 19.5. The molecular formula is C28H41N3. The maximum Gasteiger partial charge on any atom is 0.0992 e. The first-order valence-corrected chi connectivity index (χ1v) is 11.6. The Morgan fingerprint density at radius 1 is 1.29 bits per heavy atom. The number of aliphatic imine (C=N–C) groups is 1. The van der Waals surface area contributed by atoms with Gasteiger partial charge in [0.15, 0.2) is 0 Å². The second-order valence-corrected chi connectivity index (χ2v) is 7.57. The first-order valence-electron chi connectivity index (χ1n) is 11.6. The molecule has 0 saturated heterocycles. The molecule has 1 aromatic carbocycles. The largest absolute Gasteiger partial charge is 0.340 e. The highest BCUT2D eigenvalue weighted by molar-refractivity contribution is 6.25. The molecule has 1 aliphatic heterocycles. The summed E-state index contributed by atoms with van der Waals surface area (Å²) in [6.07, 6.45) is 10.6. The number of aryl methyl sites for hydroxylation is 1. The van der Waals surface area contributed by atoms with Crippen LogP contribution in [-0.2, 0) is 6.54 Å². The molecule has 0 bridgehead atoms. The lowest BCUT2D eigenvalue weighted by Crippen LogP contribution is -2.08. The van der Waals surface area contributed by atoms with Crippen molar-refractivity contribution in [2.45, 2.75) is 93.0 Å². The molecule has 0 saturated carbocycles. The van der Waals surface area contributed by atoms with E-state index in [4.69, 9.17) is 0 Å². The molecule has 168 valence electrons. The summed E-state index contributed by atoms with van der Waals surface area (Å²) in [5.41, 5.74) is 7.05. The van der Waals surface area contributed by atoms with Crippen LogP contribution in [0.25, 0.3) is 16.5 Å². The van der Waals surface area contributed by atoms with E-state index in [-0.39, 0.29) is 7.43 Å². The summed E-state index contributed by atoms with van der Waals surface area (Å²) in [4.78, 5) is 4.63. The summed E-state index contributed by atoms with van der Waals surface area (Å²) in [6.45, 7) is 15.5. The van der Waals surface area contributed by atoms with Crippen LogP contribution in [-0.4, -0.2) is 10.3 Å². The second-order valence-electron chi connectivity index (χ2n) is 7.57. The molecule has 0 fully saturated rings. The predicted octanol–water partition coefficient (Wildman–Crippen LogP) is 8.64. The van der Waals surface area contributed by atoms with Crippen molar-refractivity contribution in [2.24, 2.45) is 4.99 Å². The molecule has 3 nitrogen and oxygen atoms in total. The third-order valence-corrected chi connectivity index (χ3v) is 5.94. The molecule has 1 unspecified atom stereocenters. The number of rotatable bonds is 6. The van der Waals surface area contributed by atoms with Crippen LogP contribution < -0.4 is 0 Å². The number of hydrogen-bond acceptors (Lipinski definition) is 2. The van der Waals surface area contributed by atoms with Crippen molar-refractivity contribution in [2.75, 3.05) is 0 Å². The van der Waals surface area contributed by atoms with Crippen LogP contribution in [0, 0.1) is 11.3 Å². The Kier molecular flexibility index (Phi) is 11.0. The maximum absolute atomic E-state index is 9.44. The van der Waals surface area contributed by atoms with Gasteiger partial charge < -0.3 is 4.57 Å². The summed E-state index contributed by atoms with van der Waals surface area (Å²) in [5, 5.41) is 10.7. The van der Waals surface area contributed by atoms with E-state index in [0.717, 1.165) is 37.1 Å².